The molecule has 90 valence electrons. The first-order valence-corrected chi connectivity index (χ1v) is 4.76. The Morgan fingerprint density at radius 2 is 2.19 bits per heavy atom. The summed E-state index contributed by atoms with van der Waals surface area (Å²) in [6.07, 6.45) is 5.13. The van der Waals surface area contributed by atoms with E-state index in [9.17, 15) is 4.79 Å². The Morgan fingerprint density at radius 1 is 1.44 bits per heavy atom. The van der Waals surface area contributed by atoms with Crippen molar-refractivity contribution in [2.24, 2.45) is 5.73 Å². The number of amides is 1. The van der Waals surface area contributed by atoms with Crippen LogP contribution in [0.25, 0.3) is 0 Å². The number of nitrogens with zero attached hydrogens (tertiary/aromatic N) is 2. The minimum absolute atomic E-state index is 0. The molecule has 1 atom stereocenters. The molecule has 2 heterocycles. The third-order valence-electron chi connectivity index (χ3n) is 2.44. The normalized spacial score (nSPS) is 19.7. The van der Waals surface area contributed by atoms with Gasteiger partial charge in [0.15, 0.2) is 0 Å². The largest absolute Gasteiger partial charge is 0.320 e. The van der Waals surface area contributed by atoms with Crippen LogP contribution in [0.2, 0.25) is 0 Å². The Bertz CT molecular complexity index is 334. The summed E-state index contributed by atoms with van der Waals surface area (Å²) in [4.78, 5) is 17.4. The van der Waals surface area contributed by atoms with E-state index in [4.69, 9.17) is 5.73 Å². The second kappa shape index (κ2) is 6.68. The van der Waals surface area contributed by atoms with E-state index in [2.05, 4.69) is 4.98 Å². The van der Waals surface area contributed by atoms with Crippen LogP contribution in [0.3, 0.4) is 0 Å². The number of carbonyl (C=O) groups excluding carboxylic acids is 1. The summed E-state index contributed by atoms with van der Waals surface area (Å²) >= 11 is 0. The molecule has 0 bridgehead atoms. The Kier molecular flexibility index (Phi) is 6.33. The van der Waals surface area contributed by atoms with Crippen molar-refractivity contribution in [1.82, 2.24) is 4.98 Å². The van der Waals surface area contributed by atoms with Crippen LogP contribution in [0.4, 0.5) is 5.69 Å². The highest BCUT2D eigenvalue weighted by atomic mass is 35.5. The van der Waals surface area contributed by atoms with Crippen molar-refractivity contribution in [3.63, 3.8) is 0 Å². The predicted octanol–water partition coefficient (Wildman–Crippen LogP) is 1.38. The monoisotopic (exact) mass is 263 g/mol. The van der Waals surface area contributed by atoms with Crippen molar-refractivity contribution >= 4 is 36.4 Å². The molecule has 1 fully saturated rings. The molecule has 0 aliphatic carbocycles. The van der Waals surface area contributed by atoms with Crippen LogP contribution in [0, 0.1) is 0 Å². The van der Waals surface area contributed by atoms with E-state index < -0.39 is 0 Å². The summed E-state index contributed by atoms with van der Waals surface area (Å²) in [6.45, 7) is 0.748. The number of hydrogen-bond acceptors (Lipinski definition) is 3. The first-order valence-electron chi connectivity index (χ1n) is 4.76. The first-order chi connectivity index (χ1) is 6.79. The second-order valence-electron chi connectivity index (χ2n) is 3.45. The van der Waals surface area contributed by atoms with Gasteiger partial charge in [-0.2, -0.15) is 0 Å². The number of halogens is 2. The smallest absolute Gasteiger partial charge is 0.243 e. The number of carbonyl (C=O) groups is 1. The van der Waals surface area contributed by atoms with Crippen molar-refractivity contribution in [1.29, 1.82) is 0 Å². The first kappa shape index (κ1) is 15.2. The molecule has 0 spiro atoms. The predicted molar refractivity (Wildman–Crippen MR) is 68.3 cm³/mol. The van der Waals surface area contributed by atoms with Gasteiger partial charge in [0.25, 0.3) is 0 Å². The number of rotatable bonds is 1. The molecule has 1 amide bonds. The van der Waals surface area contributed by atoms with Gasteiger partial charge in [-0.25, -0.2) is 0 Å². The number of anilines is 1. The minimum Gasteiger partial charge on any atom is -0.320 e. The molecule has 2 rings (SSSR count). The van der Waals surface area contributed by atoms with Crippen molar-refractivity contribution in [3.8, 4) is 0 Å². The van der Waals surface area contributed by atoms with Crippen LogP contribution in [-0.4, -0.2) is 23.5 Å². The second-order valence-corrected chi connectivity index (χ2v) is 3.45. The zero-order valence-corrected chi connectivity index (χ0v) is 10.3. The number of nitrogens with two attached hydrogens (primary N) is 1. The summed E-state index contributed by atoms with van der Waals surface area (Å²) in [5, 5.41) is 0. The molecule has 2 N–H and O–H groups in total. The zero-order chi connectivity index (χ0) is 9.97. The summed E-state index contributed by atoms with van der Waals surface area (Å²) < 4.78 is 0. The number of hydrogen-bond donors (Lipinski definition) is 1. The van der Waals surface area contributed by atoms with Gasteiger partial charge in [-0.05, 0) is 25.0 Å². The highest BCUT2D eigenvalue weighted by molar-refractivity contribution is 5.97. The fraction of sp³-hybridized carbons (Fsp3) is 0.400. The molecule has 0 saturated carbocycles. The quantitative estimate of drug-likeness (QED) is 0.833. The molecule has 1 aliphatic heterocycles. The third-order valence-corrected chi connectivity index (χ3v) is 2.44. The van der Waals surface area contributed by atoms with Crippen molar-refractivity contribution in [2.75, 3.05) is 11.4 Å². The van der Waals surface area contributed by atoms with E-state index in [0.29, 0.717) is 0 Å². The minimum atomic E-state index is -0.344. The maximum absolute atomic E-state index is 11.7. The van der Waals surface area contributed by atoms with E-state index in [1.54, 1.807) is 17.3 Å². The van der Waals surface area contributed by atoms with E-state index >= 15 is 0 Å². The Balaban J connectivity index is 0.00000112. The van der Waals surface area contributed by atoms with Crippen molar-refractivity contribution in [2.45, 2.75) is 18.9 Å². The van der Waals surface area contributed by atoms with Crippen LogP contribution in [-0.2, 0) is 4.79 Å². The lowest BCUT2D eigenvalue weighted by Crippen LogP contribution is -2.48. The number of piperidine rings is 1. The summed E-state index contributed by atoms with van der Waals surface area (Å²) in [7, 11) is 0. The molecule has 0 aromatic carbocycles. The summed E-state index contributed by atoms with van der Waals surface area (Å²) in [5.41, 5.74) is 6.53. The molecule has 1 aromatic rings. The number of aromatic nitrogens is 1. The molecule has 1 saturated heterocycles. The topological polar surface area (TPSA) is 59.2 Å². The lowest BCUT2D eigenvalue weighted by atomic mass is 10.1. The van der Waals surface area contributed by atoms with Gasteiger partial charge in [-0.1, -0.05) is 0 Å². The van der Waals surface area contributed by atoms with Gasteiger partial charge in [-0.15, -0.1) is 24.8 Å². The van der Waals surface area contributed by atoms with E-state index in [1.807, 2.05) is 12.1 Å². The van der Waals surface area contributed by atoms with E-state index in [1.165, 1.54) is 0 Å². The van der Waals surface area contributed by atoms with Gasteiger partial charge in [0, 0.05) is 12.7 Å². The Labute approximate surface area is 107 Å². The van der Waals surface area contributed by atoms with Crippen LogP contribution in [0.1, 0.15) is 12.8 Å². The molecule has 4 nitrogen and oxygen atoms in total. The lowest BCUT2D eigenvalue weighted by Gasteiger charge is -2.30. The van der Waals surface area contributed by atoms with Crippen LogP contribution in [0.5, 0.6) is 0 Å². The van der Waals surface area contributed by atoms with Gasteiger partial charge in [0.1, 0.15) is 0 Å². The molecule has 16 heavy (non-hydrogen) atoms. The molecule has 6 heteroatoms. The van der Waals surface area contributed by atoms with Gasteiger partial charge >= 0.3 is 0 Å². The van der Waals surface area contributed by atoms with E-state index in [-0.39, 0.29) is 36.8 Å². The average Bonchev–Trinajstić information content (AvgIpc) is 2.23. The highest BCUT2D eigenvalue weighted by Gasteiger charge is 2.26. The Hall–Kier alpha value is -0.840. The van der Waals surface area contributed by atoms with Gasteiger partial charge in [-0.3, -0.25) is 9.78 Å². The number of pyridine rings is 1. The highest BCUT2D eigenvalue weighted by Crippen LogP contribution is 2.18. The lowest BCUT2D eigenvalue weighted by molar-refractivity contribution is -0.120. The molecule has 1 aliphatic rings. The average molecular weight is 264 g/mol. The van der Waals surface area contributed by atoms with Crippen LogP contribution >= 0.6 is 24.8 Å². The Morgan fingerprint density at radius 3 is 2.81 bits per heavy atom. The van der Waals surface area contributed by atoms with Crippen molar-refractivity contribution in [3.05, 3.63) is 24.5 Å². The fourth-order valence-corrected chi connectivity index (χ4v) is 1.67. The molecule has 0 radical (unpaired) electrons. The van der Waals surface area contributed by atoms with Crippen LogP contribution in [0.15, 0.2) is 24.5 Å². The molecule has 1 aromatic heterocycles. The molecular weight excluding hydrogens is 249 g/mol. The maximum Gasteiger partial charge on any atom is 0.243 e. The van der Waals surface area contributed by atoms with Crippen LogP contribution < -0.4 is 10.6 Å². The van der Waals surface area contributed by atoms with Crippen molar-refractivity contribution < 1.29 is 4.79 Å². The van der Waals surface area contributed by atoms with E-state index in [0.717, 1.165) is 25.1 Å². The summed E-state index contributed by atoms with van der Waals surface area (Å²) in [6, 6.07) is 3.36. The fourth-order valence-electron chi connectivity index (χ4n) is 1.67. The van der Waals surface area contributed by atoms with Gasteiger partial charge < -0.3 is 10.6 Å². The SMILES string of the molecule is Cl.Cl.NC1CCCN(c2cccnc2)C1=O. The molecular formula is C10H15Cl2N3O. The van der Waals surface area contributed by atoms with Gasteiger partial charge in [0.05, 0.1) is 17.9 Å². The maximum atomic E-state index is 11.7. The molecule has 1 unspecified atom stereocenters. The van der Waals surface area contributed by atoms with Gasteiger partial charge in [0.2, 0.25) is 5.91 Å². The standard InChI is InChI=1S/C10H13N3O.2ClH/c11-9-4-2-6-13(10(9)14)8-3-1-5-12-7-8;;/h1,3,5,7,9H,2,4,6,11H2;2*1H. The zero-order valence-electron chi connectivity index (χ0n) is 8.70. The third kappa shape index (κ3) is 3.07. The summed E-state index contributed by atoms with van der Waals surface area (Å²) in [5.74, 6) is 0.00394.